The van der Waals surface area contributed by atoms with Crippen LogP contribution in [0.3, 0.4) is 0 Å². The number of carbonyl (C=O) groups excluding carboxylic acids is 3. The van der Waals surface area contributed by atoms with E-state index in [9.17, 15) is 14.4 Å². The Hall–Kier alpha value is -3.01. The number of hydrogen-bond acceptors (Lipinski definition) is 9. The molecular weight excluding hydrogens is 422 g/mol. The molecule has 0 spiro atoms. The van der Waals surface area contributed by atoms with Crippen LogP contribution in [-0.2, 0) is 33.3 Å². The molecule has 162 valence electrons. The van der Waals surface area contributed by atoms with Gasteiger partial charge in [0, 0.05) is 30.7 Å². The van der Waals surface area contributed by atoms with Gasteiger partial charge in [-0.25, -0.2) is 0 Å². The maximum absolute atomic E-state index is 11.7. The van der Waals surface area contributed by atoms with Crippen LogP contribution >= 0.6 is 11.6 Å². The van der Waals surface area contributed by atoms with E-state index in [4.69, 9.17) is 40.8 Å². The molecule has 11 nitrogen and oxygen atoms in total. The first-order chi connectivity index (χ1) is 14.2. The van der Waals surface area contributed by atoms with Crippen molar-refractivity contribution in [3.8, 4) is 5.75 Å². The molecule has 30 heavy (non-hydrogen) atoms. The second kappa shape index (κ2) is 10.7. The maximum Gasteiger partial charge on any atom is 0.303 e. The Labute approximate surface area is 176 Å². The summed E-state index contributed by atoms with van der Waals surface area (Å²) >= 11 is 5.97. The molecule has 0 saturated carbocycles. The van der Waals surface area contributed by atoms with Gasteiger partial charge in [-0.05, 0) is 23.7 Å². The summed E-state index contributed by atoms with van der Waals surface area (Å²) in [6.45, 7) is 3.16. The fraction of sp³-hybridized carbons (Fsp3) is 0.500. The van der Waals surface area contributed by atoms with Crippen LogP contribution in [0.2, 0.25) is 5.02 Å². The highest BCUT2D eigenvalue weighted by Gasteiger charge is 2.51. The minimum atomic E-state index is -1.28. The Balaban J connectivity index is 2.43. The molecule has 0 aliphatic carbocycles. The lowest BCUT2D eigenvalue weighted by molar-refractivity contribution is -0.259. The van der Waals surface area contributed by atoms with E-state index in [2.05, 4.69) is 10.0 Å². The van der Waals surface area contributed by atoms with Crippen molar-refractivity contribution in [2.45, 2.75) is 51.4 Å². The summed E-state index contributed by atoms with van der Waals surface area (Å²) in [5.41, 5.74) is 9.03. The summed E-state index contributed by atoms with van der Waals surface area (Å²) in [7, 11) is 0. The summed E-state index contributed by atoms with van der Waals surface area (Å²) in [5.74, 6) is -1.73. The van der Waals surface area contributed by atoms with Crippen molar-refractivity contribution in [1.82, 2.24) is 0 Å². The minimum absolute atomic E-state index is 0.279. The predicted octanol–water partition coefficient (Wildman–Crippen LogP) is 2.55. The number of azide groups is 1. The number of rotatable bonds is 7. The van der Waals surface area contributed by atoms with Crippen molar-refractivity contribution in [2.75, 3.05) is 6.61 Å². The van der Waals surface area contributed by atoms with Gasteiger partial charge in [-0.3, -0.25) is 14.4 Å². The van der Waals surface area contributed by atoms with Crippen LogP contribution in [0.1, 0.15) is 20.8 Å². The van der Waals surface area contributed by atoms with Crippen molar-refractivity contribution in [3.05, 3.63) is 39.7 Å². The molecule has 0 radical (unpaired) electrons. The van der Waals surface area contributed by atoms with E-state index in [-0.39, 0.29) is 12.4 Å². The van der Waals surface area contributed by atoms with Crippen molar-refractivity contribution in [2.24, 2.45) is 5.11 Å². The molecule has 0 N–H and O–H groups in total. The van der Waals surface area contributed by atoms with Gasteiger partial charge in [-0.1, -0.05) is 22.8 Å². The molecule has 1 aromatic carbocycles. The number of carbonyl (C=O) groups is 3. The Morgan fingerprint density at radius 1 is 1.13 bits per heavy atom. The lowest BCUT2D eigenvalue weighted by Gasteiger charge is -2.43. The van der Waals surface area contributed by atoms with Crippen molar-refractivity contribution >= 4 is 29.5 Å². The number of esters is 3. The Bertz CT molecular complexity index is 844. The topological polar surface area (TPSA) is 146 Å². The highest BCUT2D eigenvalue weighted by Crippen LogP contribution is 2.31. The molecule has 0 unspecified atom stereocenters. The van der Waals surface area contributed by atoms with Gasteiger partial charge in [0.05, 0.1) is 0 Å². The molecule has 1 fully saturated rings. The third kappa shape index (κ3) is 6.51. The number of halogens is 1. The third-order valence-corrected chi connectivity index (χ3v) is 4.14. The fourth-order valence-electron chi connectivity index (χ4n) is 2.84. The Kier molecular flexibility index (Phi) is 8.28. The second-order valence-corrected chi connectivity index (χ2v) is 6.70. The molecule has 5 atom stereocenters. The Morgan fingerprint density at radius 3 is 2.37 bits per heavy atom. The smallest absolute Gasteiger partial charge is 0.303 e. The van der Waals surface area contributed by atoms with E-state index in [1.807, 2.05) is 0 Å². The number of benzene rings is 1. The normalized spacial score (nSPS) is 25.4. The first-order valence-corrected chi connectivity index (χ1v) is 9.18. The van der Waals surface area contributed by atoms with Crippen molar-refractivity contribution in [1.29, 1.82) is 0 Å². The van der Waals surface area contributed by atoms with Crippen LogP contribution in [0.5, 0.6) is 5.75 Å². The second-order valence-electron chi connectivity index (χ2n) is 6.26. The molecular formula is C18H20ClN3O8. The van der Waals surface area contributed by atoms with Crippen molar-refractivity contribution < 1.29 is 38.1 Å². The summed E-state index contributed by atoms with van der Waals surface area (Å²) in [6, 6.07) is 5.12. The fourth-order valence-corrected chi connectivity index (χ4v) is 3.02. The van der Waals surface area contributed by atoms with Gasteiger partial charge in [-0.15, -0.1) is 0 Å². The zero-order valence-corrected chi connectivity index (χ0v) is 17.1. The summed E-state index contributed by atoms with van der Waals surface area (Å²) in [5, 5.41) is 4.02. The number of hydrogen-bond donors (Lipinski definition) is 0. The van der Waals surface area contributed by atoms with Gasteiger partial charge in [0.25, 0.3) is 0 Å². The van der Waals surface area contributed by atoms with Gasteiger partial charge in [0.2, 0.25) is 6.29 Å². The van der Waals surface area contributed by atoms with E-state index in [0.717, 1.165) is 13.8 Å². The lowest BCUT2D eigenvalue weighted by atomic mass is 9.96. The Morgan fingerprint density at radius 2 is 1.80 bits per heavy atom. The van der Waals surface area contributed by atoms with Gasteiger partial charge in [0.1, 0.15) is 30.6 Å². The van der Waals surface area contributed by atoms with E-state index < -0.39 is 48.6 Å². The van der Waals surface area contributed by atoms with Gasteiger partial charge >= 0.3 is 17.9 Å². The van der Waals surface area contributed by atoms with E-state index in [1.165, 1.54) is 13.0 Å². The van der Waals surface area contributed by atoms with Crippen LogP contribution < -0.4 is 4.74 Å². The molecule has 12 heteroatoms. The molecule has 2 rings (SSSR count). The molecule has 1 aliphatic rings. The predicted molar refractivity (Wildman–Crippen MR) is 101 cm³/mol. The first-order valence-electron chi connectivity index (χ1n) is 8.81. The summed E-state index contributed by atoms with van der Waals surface area (Å²) in [4.78, 5) is 37.3. The maximum atomic E-state index is 11.7. The summed E-state index contributed by atoms with van der Waals surface area (Å²) in [6.07, 6.45) is -4.82. The molecule has 1 aliphatic heterocycles. The average Bonchev–Trinajstić information content (AvgIpc) is 2.64. The SMILES string of the molecule is CC(=O)OC[C@H]1O[C@H](Oc2cccc(Cl)c2)[C@H](OC(C)=O)[C@@H](N=[N+]=[N-])[C@H]1OC(C)=O. The number of nitrogens with zero attached hydrogens (tertiary/aromatic N) is 3. The average molecular weight is 442 g/mol. The molecule has 1 heterocycles. The van der Waals surface area contributed by atoms with E-state index >= 15 is 0 Å². The zero-order valence-electron chi connectivity index (χ0n) is 16.4. The quantitative estimate of drug-likeness (QED) is 0.206. The standard InChI is InChI=1S/C18H20ClN3O8/c1-9(23)26-8-14-16(27-10(2)24)15(21-22-20)17(28-11(3)25)18(30-14)29-13-6-4-5-12(19)7-13/h4-7,14-18H,8H2,1-3H3/t14-,15+,16+,17-,18+/m1/s1. The molecule has 1 aromatic rings. The van der Waals surface area contributed by atoms with Gasteiger partial charge in [-0.2, -0.15) is 0 Å². The zero-order chi connectivity index (χ0) is 22.3. The largest absolute Gasteiger partial charge is 0.463 e. The van der Waals surface area contributed by atoms with Crippen LogP contribution in [0, 0.1) is 0 Å². The number of ether oxygens (including phenoxy) is 5. The van der Waals surface area contributed by atoms with Gasteiger partial charge < -0.3 is 23.7 Å². The van der Waals surface area contributed by atoms with E-state index in [0.29, 0.717) is 5.02 Å². The van der Waals surface area contributed by atoms with Gasteiger partial charge in [0.15, 0.2) is 6.10 Å². The molecule has 1 saturated heterocycles. The van der Waals surface area contributed by atoms with E-state index in [1.54, 1.807) is 18.2 Å². The molecule has 0 aromatic heterocycles. The highest BCUT2D eigenvalue weighted by atomic mass is 35.5. The van der Waals surface area contributed by atoms with Crippen LogP contribution in [0.15, 0.2) is 29.4 Å². The van der Waals surface area contributed by atoms with Crippen LogP contribution in [0.4, 0.5) is 0 Å². The minimum Gasteiger partial charge on any atom is -0.463 e. The van der Waals surface area contributed by atoms with Crippen molar-refractivity contribution in [3.63, 3.8) is 0 Å². The first kappa shape index (κ1) is 23.3. The van der Waals surface area contributed by atoms with Crippen LogP contribution in [0.25, 0.3) is 10.4 Å². The summed E-state index contributed by atoms with van der Waals surface area (Å²) < 4.78 is 27.1. The molecule has 0 bridgehead atoms. The highest BCUT2D eigenvalue weighted by molar-refractivity contribution is 6.30. The lowest BCUT2D eigenvalue weighted by Crippen LogP contribution is -2.61. The third-order valence-electron chi connectivity index (χ3n) is 3.91. The molecule has 0 amide bonds. The monoisotopic (exact) mass is 441 g/mol. The van der Waals surface area contributed by atoms with Crippen LogP contribution in [-0.4, -0.2) is 55.2 Å².